The first kappa shape index (κ1) is 17.8. The van der Waals surface area contributed by atoms with Gasteiger partial charge in [-0.15, -0.1) is 6.42 Å². The Morgan fingerprint density at radius 1 is 1.54 bits per heavy atom. The van der Waals surface area contributed by atoms with Gasteiger partial charge in [-0.1, -0.05) is 37.4 Å². The second-order valence-corrected chi connectivity index (χ2v) is 6.62. The number of amides is 3. The Labute approximate surface area is 144 Å². The summed E-state index contributed by atoms with van der Waals surface area (Å²) in [5.74, 6) is 0.576. The van der Waals surface area contributed by atoms with Crippen molar-refractivity contribution < 1.29 is 19.1 Å². The summed E-state index contributed by atoms with van der Waals surface area (Å²) in [5, 5.41) is 8.73. The molecule has 126 valence electrons. The van der Waals surface area contributed by atoms with E-state index in [-0.39, 0.29) is 24.0 Å². The van der Waals surface area contributed by atoms with Gasteiger partial charge in [-0.2, -0.15) is 5.26 Å². The summed E-state index contributed by atoms with van der Waals surface area (Å²) in [7, 11) is 0. The molecule has 8 heteroatoms. The standard InChI is InChI=1S/C16H16ClN3O4/c1-4-5-19-8-12(21)20(15(19)23)9-24-14(22)13-11(16(13,2)3)6-10(17)7-18/h1,6,11,13H,5,8-9H2,2-3H3/b10-6-/t11-,13-/m0/s1. The van der Waals surface area contributed by atoms with Gasteiger partial charge >= 0.3 is 12.0 Å². The highest BCUT2D eigenvalue weighted by Gasteiger charge is 2.61. The summed E-state index contributed by atoms with van der Waals surface area (Å²) in [4.78, 5) is 38.0. The molecule has 24 heavy (non-hydrogen) atoms. The number of allylic oxidation sites excluding steroid dienone is 2. The Balaban J connectivity index is 1.95. The Hall–Kier alpha value is -2.51. The van der Waals surface area contributed by atoms with Crippen molar-refractivity contribution in [3.63, 3.8) is 0 Å². The number of halogens is 1. The third-order valence-corrected chi connectivity index (χ3v) is 4.55. The van der Waals surface area contributed by atoms with E-state index in [4.69, 9.17) is 28.0 Å². The molecule has 2 aliphatic rings. The maximum Gasteiger partial charge on any atom is 0.330 e. The van der Waals surface area contributed by atoms with Crippen LogP contribution in [0.3, 0.4) is 0 Å². The van der Waals surface area contributed by atoms with Crippen molar-refractivity contribution in [2.45, 2.75) is 13.8 Å². The number of carbonyl (C=O) groups is 3. The molecule has 1 aliphatic carbocycles. The smallest absolute Gasteiger partial charge is 0.330 e. The van der Waals surface area contributed by atoms with Crippen LogP contribution in [0.15, 0.2) is 11.1 Å². The number of hydrogen-bond donors (Lipinski definition) is 0. The number of nitrogens with zero attached hydrogens (tertiary/aromatic N) is 3. The van der Waals surface area contributed by atoms with Crippen LogP contribution in [-0.2, 0) is 14.3 Å². The Kier molecular flexibility index (Phi) is 4.86. The van der Waals surface area contributed by atoms with Crippen molar-refractivity contribution in [3.8, 4) is 18.4 Å². The van der Waals surface area contributed by atoms with Gasteiger partial charge in [0, 0.05) is 0 Å². The van der Waals surface area contributed by atoms with Crippen LogP contribution < -0.4 is 0 Å². The highest BCUT2D eigenvalue weighted by molar-refractivity contribution is 6.31. The first-order valence-electron chi connectivity index (χ1n) is 7.20. The van der Waals surface area contributed by atoms with Crippen LogP contribution in [0.2, 0.25) is 0 Å². The number of rotatable bonds is 5. The van der Waals surface area contributed by atoms with Gasteiger partial charge in [0.1, 0.15) is 17.6 Å². The van der Waals surface area contributed by atoms with Crippen LogP contribution in [0.4, 0.5) is 4.79 Å². The second kappa shape index (κ2) is 6.54. The molecule has 0 spiro atoms. The lowest BCUT2D eigenvalue weighted by Gasteiger charge is -2.15. The van der Waals surface area contributed by atoms with E-state index in [1.165, 1.54) is 11.0 Å². The molecule has 0 radical (unpaired) electrons. The van der Waals surface area contributed by atoms with Gasteiger partial charge in [-0.25, -0.2) is 9.69 Å². The molecule has 2 fully saturated rings. The summed E-state index contributed by atoms with van der Waals surface area (Å²) >= 11 is 5.69. The molecule has 0 aromatic rings. The number of terminal acetylenes is 1. The number of carbonyl (C=O) groups excluding carboxylic acids is 3. The van der Waals surface area contributed by atoms with Crippen LogP contribution in [0.25, 0.3) is 0 Å². The average molecular weight is 350 g/mol. The maximum absolute atomic E-state index is 12.2. The van der Waals surface area contributed by atoms with E-state index < -0.39 is 36.0 Å². The molecule has 0 aromatic heterocycles. The number of urea groups is 1. The van der Waals surface area contributed by atoms with Gasteiger partial charge in [0.2, 0.25) is 0 Å². The lowest BCUT2D eigenvalue weighted by Crippen LogP contribution is -2.36. The average Bonchev–Trinajstić information content (AvgIpc) is 2.94. The van der Waals surface area contributed by atoms with E-state index in [9.17, 15) is 14.4 Å². The molecule has 1 saturated carbocycles. The summed E-state index contributed by atoms with van der Waals surface area (Å²) in [6.45, 7) is 3.14. The molecule has 0 N–H and O–H groups in total. The van der Waals surface area contributed by atoms with Gasteiger partial charge in [0.25, 0.3) is 5.91 Å². The summed E-state index contributed by atoms with van der Waals surface area (Å²) in [6.07, 6.45) is 6.65. The van der Waals surface area contributed by atoms with Gasteiger partial charge in [0.15, 0.2) is 6.73 Å². The van der Waals surface area contributed by atoms with Crippen LogP contribution in [0.5, 0.6) is 0 Å². The highest BCUT2D eigenvalue weighted by Crippen LogP contribution is 2.59. The largest absolute Gasteiger partial charge is 0.443 e. The van der Waals surface area contributed by atoms with Gasteiger partial charge in [-0.3, -0.25) is 9.59 Å². The van der Waals surface area contributed by atoms with Crippen molar-refractivity contribution in [1.29, 1.82) is 5.26 Å². The van der Waals surface area contributed by atoms with Gasteiger partial charge in [-0.05, 0) is 11.3 Å². The number of nitriles is 1. The number of imide groups is 1. The van der Waals surface area contributed by atoms with E-state index in [0.717, 1.165) is 4.90 Å². The fourth-order valence-electron chi connectivity index (χ4n) is 2.81. The van der Waals surface area contributed by atoms with Crippen LogP contribution in [0.1, 0.15) is 13.8 Å². The first-order valence-corrected chi connectivity index (χ1v) is 7.58. The van der Waals surface area contributed by atoms with Crippen molar-refractivity contribution in [3.05, 3.63) is 11.1 Å². The summed E-state index contributed by atoms with van der Waals surface area (Å²) in [6, 6.07) is 1.22. The molecule has 2 atom stereocenters. The quantitative estimate of drug-likeness (QED) is 0.323. The fourth-order valence-corrected chi connectivity index (χ4v) is 2.94. The zero-order chi connectivity index (χ0) is 18.1. The second-order valence-electron chi connectivity index (χ2n) is 6.21. The van der Waals surface area contributed by atoms with Crippen molar-refractivity contribution in [2.75, 3.05) is 19.8 Å². The zero-order valence-corrected chi connectivity index (χ0v) is 14.0. The van der Waals surface area contributed by atoms with Gasteiger partial charge in [0.05, 0.1) is 12.5 Å². The lowest BCUT2D eigenvalue weighted by atomic mass is 10.1. The topological polar surface area (TPSA) is 90.7 Å². The molecular formula is C16H16ClN3O4. The Morgan fingerprint density at radius 2 is 2.21 bits per heavy atom. The minimum absolute atomic E-state index is 0.0122. The highest BCUT2D eigenvalue weighted by atomic mass is 35.5. The SMILES string of the molecule is C#CCN1CC(=O)N(COC(=O)[C@@H]2[C@H](/C=C(\Cl)C#N)C2(C)C)C1=O. The minimum Gasteiger partial charge on any atom is -0.443 e. The molecular weight excluding hydrogens is 334 g/mol. The molecule has 7 nitrogen and oxygen atoms in total. The number of ether oxygens (including phenoxy) is 1. The molecule has 0 aromatic carbocycles. The third kappa shape index (κ3) is 3.22. The molecule has 3 amide bonds. The lowest BCUT2D eigenvalue weighted by molar-refractivity contribution is -0.151. The molecule has 1 heterocycles. The summed E-state index contributed by atoms with van der Waals surface area (Å²) < 4.78 is 5.11. The summed E-state index contributed by atoms with van der Waals surface area (Å²) in [5.41, 5.74) is -0.400. The van der Waals surface area contributed by atoms with Crippen molar-refractivity contribution >= 4 is 29.5 Å². The molecule has 1 aliphatic heterocycles. The van der Waals surface area contributed by atoms with Crippen molar-refractivity contribution in [1.82, 2.24) is 9.80 Å². The van der Waals surface area contributed by atoms with E-state index in [1.807, 2.05) is 13.8 Å². The zero-order valence-electron chi connectivity index (χ0n) is 13.3. The van der Waals surface area contributed by atoms with Crippen molar-refractivity contribution in [2.24, 2.45) is 17.3 Å². The van der Waals surface area contributed by atoms with Gasteiger partial charge < -0.3 is 9.64 Å². The molecule has 0 unspecified atom stereocenters. The van der Waals surface area contributed by atoms with Crippen LogP contribution in [-0.4, -0.2) is 47.5 Å². The van der Waals surface area contributed by atoms with Crippen LogP contribution >= 0.6 is 11.6 Å². The van der Waals surface area contributed by atoms with E-state index >= 15 is 0 Å². The first-order chi connectivity index (χ1) is 11.2. The Bertz CT molecular complexity index is 701. The van der Waals surface area contributed by atoms with E-state index in [1.54, 1.807) is 6.07 Å². The normalized spacial score (nSPS) is 25.3. The van der Waals surface area contributed by atoms with E-state index in [2.05, 4.69) is 5.92 Å². The third-order valence-electron chi connectivity index (χ3n) is 4.34. The predicted octanol–water partition coefficient (Wildman–Crippen LogP) is 1.30. The van der Waals surface area contributed by atoms with Crippen LogP contribution in [0, 0.1) is 40.9 Å². The fraction of sp³-hybridized carbons (Fsp3) is 0.500. The number of hydrogen-bond acceptors (Lipinski definition) is 5. The number of esters is 1. The molecule has 1 saturated heterocycles. The predicted molar refractivity (Wildman–Crippen MR) is 83.9 cm³/mol. The molecule has 2 rings (SSSR count). The maximum atomic E-state index is 12.2. The Morgan fingerprint density at radius 3 is 2.79 bits per heavy atom. The monoisotopic (exact) mass is 349 g/mol. The van der Waals surface area contributed by atoms with E-state index in [0.29, 0.717) is 0 Å². The minimum atomic E-state index is -0.579. The molecule has 0 bridgehead atoms.